The average molecular weight is 300 g/mol. The summed E-state index contributed by atoms with van der Waals surface area (Å²) in [6.07, 6.45) is 3.79. The van der Waals surface area contributed by atoms with E-state index in [2.05, 4.69) is 17.0 Å². The van der Waals surface area contributed by atoms with Crippen molar-refractivity contribution in [2.75, 3.05) is 31.7 Å². The van der Waals surface area contributed by atoms with Crippen molar-refractivity contribution < 1.29 is 9.53 Å². The molecule has 1 saturated carbocycles. The average Bonchev–Trinajstić information content (AvgIpc) is 2.94. The van der Waals surface area contributed by atoms with Gasteiger partial charge in [0.1, 0.15) is 0 Å². The number of ether oxygens (including phenoxy) is 1. The van der Waals surface area contributed by atoms with E-state index in [1.165, 1.54) is 18.4 Å². The Morgan fingerprint density at radius 1 is 1.36 bits per heavy atom. The highest BCUT2D eigenvalue weighted by Crippen LogP contribution is 2.60. The third kappa shape index (κ3) is 1.94. The molecule has 118 valence electrons. The van der Waals surface area contributed by atoms with Gasteiger partial charge in [0.15, 0.2) is 0 Å². The van der Waals surface area contributed by atoms with Crippen LogP contribution in [0.15, 0.2) is 24.3 Å². The molecule has 22 heavy (non-hydrogen) atoms. The van der Waals surface area contributed by atoms with Gasteiger partial charge in [-0.3, -0.25) is 9.69 Å². The highest BCUT2D eigenvalue weighted by Gasteiger charge is 2.67. The summed E-state index contributed by atoms with van der Waals surface area (Å²) < 4.78 is 5.72. The van der Waals surface area contributed by atoms with Crippen molar-refractivity contribution in [1.29, 1.82) is 0 Å². The van der Waals surface area contributed by atoms with Gasteiger partial charge in [0.05, 0.1) is 13.2 Å². The number of benzene rings is 1. The second-order valence-electron chi connectivity index (χ2n) is 7.05. The van der Waals surface area contributed by atoms with E-state index in [0.29, 0.717) is 11.5 Å². The second-order valence-corrected chi connectivity index (χ2v) is 7.05. The standard InChI is InChI=1S/C18H24N2O2/c1-13(21)19(2)15-5-3-14(4-6-15)8-10-20-16-7-9-18(16)12-22-11-17(18)20/h3-6,16-17H,7-12H2,1-2H3. The molecule has 3 unspecified atom stereocenters. The van der Waals surface area contributed by atoms with E-state index >= 15 is 0 Å². The van der Waals surface area contributed by atoms with Gasteiger partial charge in [-0.2, -0.15) is 0 Å². The van der Waals surface area contributed by atoms with Crippen LogP contribution in [0, 0.1) is 5.41 Å². The molecule has 1 spiro atoms. The number of amides is 1. The molecule has 0 radical (unpaired) electrons. The summed E-state index contributed by atoms with van der Waals surface area (Å²) in [5.41, 5.74) is 2.84. The SMILES string of the molecule is CC(=O)N(C)c1ccc(CCN2C3CCC34COCC24)cc1. The minimum absolute atomic E-state index is 0.0656. The van der Waals surface area contributed by atoms with Crippen molar-refractivity contribution in [3.05, 3.63) is 29.8 Å². The predicted octanol–water partition coefficient (Wildman–Crippen LogP) is 2.07. The van der Waals surface area contributed by atoms with Gasteiger partial charge >= 0.3 is 0 Å². The van der Waals surface area contributed by atoms with E-state index in [9.17, 15) is 4.79 Å². The minimum Gasteiger partial charge on any atom is -0.379 e. The third-order valence-electron chi connectivity index (χ3n) is 6.11. The van der Waals surface area contributed by atoms with Gasteiger partial charge in [0.25, 0.3) is 0 Å². The minimum atomic E-state index is 0.0656. The molecule has 2 saturated heterocycles. The number of anilines is 1. The van der Waals surface area contributed by atoms with Crippen LogP contribution in [0.2, 0.25) is 0 Å². The van der Waals surface area contributed by atoms with Crippen molar-refractivity contribution in [2.45, 2.75) is 38.3 Å². The summed E-state index contributed by atoms with van der Waals surface area (Å²) >= 11 is 0. The van der Waals surface area contributed by atoms with Crippen LogP contribution in [0.25, 0.3) is 0 Å². The normalized spacial score (nSPS) is 32.6. The number of hydrogen-bond acceptors (Lipinski definition) is 3. The lowest BCUT2D eigenvalue weighted by Gasteiger charge is -2.67. The zero-order valence-corrected chi connectivity index (χ0v) is 13.4. The molecule has 2 aliphatic heterocycles. The molecular formula is C18H24N2O2. The molecule has 0 bridgehead atoms. The van der Waals surface area contributed by atoms with Crippen LogP contribution in [0.5, 0.6) is 0 Å². The maximum absolute atomic E-state index is 11.4. The number of rotatable bonds is 4. The highest BCUT2D eigenvalue weighted by molar-refractivity contribution is 5.90. The van der Waals surface area contributed by atoms with Crippen molar-refractivity contribution in [3.63, 3.8) is 0 Å². The number of piperidine rings is 1. The molecule has 1 aromatic carbocycles. The van der Waals surface area contributed by atoms with E-state index in [0.717, 1.165) is 37.9 Å². The quantitative estimate of drug-likeness (QED) is 0.853. The molecule has 4 heteroatoms. The van der Waals surface area contributed by atoms with Crippen LogP contribution in [-0.4, -0.2) is 49.7 Å². The van der Waals surface area contributed by atoms with Gasteiger partial charge in [-0.15, -0.1) is 0 Å². The van der Waals surface area contributed by atoms with E-state index in [1.54, 1.807) is 11.8 Å². The van der Waals surface area contributed by atoms with Gasteiger partial charge in [-0.1, -0.05) is 12.1 Å². The fraction of sp³-hybridized carbons (Fsp3) is 0.611. The summed E-state index contributed by atoms with van der Waals surface area (Å²) in [6.45, 7) is 4.64. The summed E-state index contributed by atoms with van der Waals surface area (Å²) in [5.74, 6) is 0.0656. The second kappa shape index (κ2) is 5.07. The molecule has 4 nitrogen and oxygen atoms in total. The van der Waals surface area contributed by atoms with Crippen molar-refractivity contribution >= 4 is 11.6 Å². The van der Waals surface area contributed by atoms with Crippen LogP contribution in [0.1, 0.15) is 25.3 Å². The van der Waals surface area contributed by atoms with Crippen molar-refractivity contribution in [3.8, 4) is 0 Å². The summed E-state index contributed by atoms with van der Waals surface area (Å²) in [4.78, 5) is 15.7. The van der Waals surface area contributed by atoms with Crippen LogP contribution in [-0.2, 0) is 16.0 Å². The van der Waals surface area contributed by atoms with Crippen LogP contribution >= 0.6 is 0 Å². The highest BCUT2D eigenvalue weighted by atomic mass is 16.5. The van der Waals surface area contributed by atoms with E-state index < -0.39 is 0 Å². The first-order valence-electron chi connectivity index (χ1n) is 8.28. The number of carbonyl (C=O) groups is 1. The first kappa shape index (κ1) is 14.2. The fourth-order valence-electron chi connectivity index (χ4n) is 4.52. The molecule has 3 aliphatic rings. The van der Waals surface area contributed by atoms with Gasteiger partial charge in [0, 0.05) is 43.7 Å². The first-order valence-corrected chi connectivity index (χ1v) is 8.28. The molecule has 3 fully saturated rings. The van der Waals surface area contributed by atoms with Gasteiger partial charge in [-0.05, 0) is 37.0 Å². The molecular weight excluding hydrogens is 276 g/mol. The third-order valence-corrected chi connectivity index (χ3v) is 6.11. The molecule has 1 aliphatic carbocycles. The lowest BCUT2D eigenvalue weighted by atomic mass is 9.53. The van der Waals surface area contributed by atoms with E-state index in [-0.39, 0.29) is 5.91 Å². The van der Waals surface area contributed by atoms with Crippen LogP contribution in [0.3, 0.4) is 0 Å². The number of nitrogens with zero attached hydrogens (tertiary/aromatic N) is 2. The monoisotopic (exact) mass is 300 g/mol. The Bertz CT molecular complexity index is 585. The Kier molecular flexibility index (Phi) is 3.27. The number of likely N-dealkylation sites (tertiary alicyclic amines) is 1. The molecule has 0 aromatic heterocycles. The Hall–Kier alpha value is -1.39. The van der Waals surface area contributed by atoms with Gasteiger partial charge in [0.2, 0.25) is 5.91 Å². The number of hydrogen-bond donors (Lipinski definition) is 0. The molecule has 2 heterocycles. The van der Waals surface area contributed by atoms with Crippen LogP contribution < -0.4 is 4.90 Å². The zero-order valence-electron chi connectivity index (χ0n) is 13.4. The zero-order chi connectivity index (χ0) is 15.3. The molecule has 0 N–H and O–H groups in total. The first-order chi connectivity index (χ1) is 10.6. The van der Waals surface area contributed by atoms with Crippen molar-refractivity contribution in [2.24, 2.45) is 5.41 Å². The smallest absolute Gasteiger partial charge is 0.223 e. The Balaban J connectivity index is 1.36. The predicted molar refractivity (Wildman–Crippen MR) is 86.0 cm³/mol. The number of carbonyl (C=O) groups excluding carboxylic acids is 1. The summed E-state index contributed by atoms with van der Waals surface area (Å²) in [7, 11) is 1.81. The molecule has 4 rings (SSSR count). The lowest BCUT2D eigenvalue weighted by molar-refractivity contribution is -0.177. The molecule has 1 amide bonds. The topological polar surface area (TPSA) is 32.8 Å². The summed E-state index contributed by atoms with van der Waals surface area (Å²) in [5, 5.41) is 0. The van der Waals surface area contributed by atoms with E-state index in [4.69, 9.17) is 4.74 Å². The van der Waals surface area contributed by atoms with Crippen molar-refractivity contribution in [1.82, 2.24) is 4.90 Å². The van der Waals surface area contributed by atoms with Gasteiger partial charge in [-0.25, -0.2) is 0 Å². The van der Waals surface area contributed by atoms with E-state index in [1.807, 2.05) is 19.2 Å². The molecule has 3 atom stereocenters. The lowest BCUT2D eigenvalue weighted by Crippen LogP contribution is -2.76. The Morgan fingerprint density at radius 2 is 2.14 bits per heavy atom. The molecule has 1 aromatic rings. The Labute approximate surface area is 132 Å². The largest absolute Gasteiger partial charge is 0.379 e. The maximum atomic E-state index is 11.4. The summed E-state index contributed by atoms with van der Waals surface area (Å²) in [6, 6.07) is 9.83. The van der Waals surface area contributed by atoms with Crippen LogP contribution in [0.4, 0.5) is 5.69 Å². The fourth-order valence-corrected chi connectivity index (χ4v) is 4.52. The Morgan fingerprint density at radius 3 is 2.77 bits per heavy atom. The van der Waals surface area contributed by atoms with Gasteiger partial charge < -0.3 is 9.64 Å². The maximum Gasteiger partial charge on any atom is 0.223 e.